The Balaban J connectivity index is 2.16. The lowest BCUT2D eigenvalue weighted by molar-refractivity contribution is 0.537. The molecule has 0 aliphatic rings. The first-order valence-corrected chi connectivity index (χ1v) is 6.11. The summed E-state index contributed by atoms with van der Waals surface area (Å²) in [7, 11) is 0. The molecule has 0 aliphatic heterocycles. The van der Waals surface area contributed by atoms with Crippen LogP contribution < -0.4 is 5.63 Å². The van der Waals surface area contributed by atoms with Gasteiger partial charge in [0, 0.05) is 12.8 Å². The molecule has 3 aromatic rings. The smallest absolute Gasteiger partial charge is 0.347 e. The van der Waals surface area contributed by atoms with Crippen molar-refractivity contribution in [1.29, 1.82) is 5.26 Å². The van der Waals surface area contributed by atoms with Gasteiger partial charge in [-0.2, -0.15) is 5.26 Å². The van der Waals surface area contributed by atoms with E-state index in [-0.39, 0.29) is 5.63 Å². The molecule has 0 atom stereocenters. The van der Waals surface area contributed by atoms with Gasteiger partial charge in [-0.1, -0.05) is 12.1 Å². The minimum absolute atomic E-state index is 0.385. The topological polar surface area (TPSA) is 67.1 Å². The van der Waals surface area contributed by atoms with Gasteiger partial charge in [0.1, 0.15) is 16.7 Å². The van der Waals surface area contributed by atoms with Crippen LogP contribution in [0, 0.1) is 11.3 Å². The molecule has 4 nitrogen and oxygen atoms in total. The van der Waals surface area contributed by atoms with Crippen LogP contribution in [0.1, 0.15) is 18.6 Å². The highest BCUT2D eigenvalue weighted by Gasteiger charge is 2.12. The first kappa shape index (κ1) is 11.5. The fourth-order valence-electron chi connectivity index (χ4n) is 2.16. The largest absolute Gasteiger partial charge is 0.460 e. The third-order valence-corrected chi connectivity index (χ3v) is 3.05. The van der Waals surface area contributed by atoms with Gasteiger partial charge in [-0.05, 0) is 24.6 Å². The molecule has 0 saturated carbocycles. The van der Waals surface area contributed by atoms with Gasteiger partial charge in [0.2, 0.25) is 0 Å². The van der Waals surface area contributed by atoms with E-state index in [2.05, 4.69) is 6.07 Å². The van der Waals surface area contributed by atoms with Crippen LogP contribution in [0.25, 0.3) is 21.9 Å². The van der Waals surface area contributed by atoms with Crippen molar-refractivity contribution in [2.24, 2.45) is 0 Å². The standard InChI is InChI=1S/C15H11NO3/c16-8-4-3-5-10-9-12-14(18-10)11-6-1-2-7-13(11)19-15(12)17/h1-2,6-7,9H,3-5H2. The number of hydrogen-bond acceptors (Lipinski definition) is 4. The molecule has 19 heavy (non-hydrogen) atoms. The Morgan fingerprint density at radius 3 is 2.84 bits per heavy atom. The Labute approximate surface area is 108 Å². The normalized spacial score (nSPS) is 10.9. The summed E-state index contributed by atoms with van der Waals surface area (Å²) in [4.78, 5) is 11.9. The van der Waals surface area contributed by atoms with Crippen LogP contribution in [0.15, 0.2) is 44.0 Å². The molecular formula is C15H11NO3. The highest BCUT2D eigenvalue weighted by atomic mass is 16.4. The molecule has 0 saturated heterocycles. The monoisotopic (exact) mass is 253 g/mol. The van der Waals surface area contributed by atoms with Gasteiger partial charge in [0.25, 0.3) is 0 Å². The van der Waals surface area contributed by atoms with Crippen molar-refractivity contribution < 1.29 is 8.83 Å². The first-order valence-electron chi connectivity index (χ1n) is 6.11. The van der Waals surface area contributed by atoms with Gasteiger partial charge in [-0.25, -0.2) is 4.79 Å². The van der Waals surface area contributed by atoms with Crippen molar-refractivity contribution in [2.45, 2.75) is 19.3 Å². The Bertz CT molecular complexity index is 836. The third-order valence-electron chi connectivity index (χ3n) is 3.05. The summed E-state index contributed by atoms with van der Waals surface area (Å²) in [5.74, 6) is 0.717. The quantitative estimate of drug-likeness (QED) is 0.530. The maximum atomic E-state index is 11.9. The van der Waals surface area contributed by atoms with Crippen LogP contribution in [-0.2, 0) is 6.42 Å². The number of fused-ring (bicyclic) bond motifs is 3. The van der Waals surface area contributed by atoms with E-state index in [1.807, 2.05) is 18.2 Å². The molecule has 3 rings (SSSR count). The molecule has 0 bridgehead atoms. The zero-order chi connectivity index (χ0) is 13.2. The highest BCUT2D eigenvalue weighted by molar-refractivity contribution is 6.00. The van der Waals surface area contributed by atoms with E-state index in [1.165, 1.54) is 0 Å². The van der Waals surface area contributed by atoms with E-state index < -0.39 is 0 Å². The molecular weight excluding hydrogens is 242 g/mol. The van der Waals surface area contributed by atoms with Crippen LogP contribution in [0.4, 0.5) is 0 Å². The molecule has 94 valence electrons. The predicted octanol–water partition coefficient (Wildman–Crippen LogP) is 3.39. The lowest BCUT2D eigenvalue weighted by Crippen LogP contribution is -1.97. The lowest BCUT2D eigenvalue weighted by Gasteiger charge is -1.96. The molecule has 0 spiro atoms. The minimum Gasteiger partial charge on any atom is -0.460 e. The second-order valence-electron chi connectivity index (χ2n) is 4.35. The van der Waals surface area contributed by atoms with Gasteiger partial charge >= 0.3 is 5.63 Å². The Morgan fingerprint density at radius 2 is 2.00 bits per heavy atom. The second kappa shape index (κ2) is 4.62. The number of rotatable bonds is 3. The Hall–Kier alpha value is -2.54. The number of furan rings is 1. The summed E-state index contributed by atoms with van der Waals surface area (Å²) >= 11 is 0. The van der Waals surface area contributed by atoms with Crippen LogP contribution in [-0.4, -0.2) is 0 Å². The van der Waals surface area contributed by atoms with Crippen LogP contribution in [0.5, 0.6) is 0 Å². The lowest BCUT2D eigenvalue weighted by atomic mass is 10.2. The average Bonchev–Trinajstić information content (AvgIpc) is 2.84. The van der Waals surface area contributed by atoms with E-state index >= 15 is 0 Å². The number of para-hydroxylation sites is 1. The number of aryl methyl sites for hydroxylation is 1. The van der Waals surface area contributed by atoms with Gasteiger partial charge in [-0.15, -0.1) is 0 Å². The predicted molar refractivity (Wildman–Crippen MR) is 70.8 cm³/mol. The number of unbranched alkanes of at least 4 members (excludes halogenated alkanes) is 1. The fourth-order valence-corrected chi connectivity index (χ4v) is 2.16. The number of nitriles is 1. The summed E-state index contributed by atoms with van der Waals surface area (Å²) in [5, 5.41) is 9.78. The number of nitrogens with zero attached hydrogens (tertiary/aromatic N) is 1. The molecule has 0 aliphatic carbocycles. The van der Waals surface area contributed by atoms with Gasteiger partial charge in [-0.3, -0.25) is 0 Å². The molecule has 2 heterocycles. The molecule has 0 radical (unpaired) electrons. The molecule has 4 heteroatoms. The van der Waals surface area contributed by atoms with Gasteiger partial charge < -0.3 is 8.83 Å². The summed E-state index contributed by atoms with van der Waals surface area (Å²) < 4.78 is 11.0. The summed E-state index contributed by atoms with van der Waals surface area (Å²) in [6, 6.07) is 11.1. The zero-order valence-corrected chi connectivity index (χ0v) is 10.2. The van der Waals surface area contributed by atoms with E-state index in [0.29, 0.717) is 35.2 Å². The van der Waals surface area contributed by atoms with Crippen molar-refractivity contribution in [3.8, 4) is 6.07 Å². The molecule has 0 amide bonds. The SMILES string of the molecule is N#CCCCc1cc2c(=O)oc3ccccc3c2o1. The van der Waals surface area contributed by atoms with Crippen LogP contribution in [0.3, 0.4) is 0 Å². The van der Waals surface area contributed by atoms with Crippen LogP contribution in [0.2, 0.25) is 0 Å². The van der Waals surface area contributed by atoms with E-state index in [1.54, 1.807) is 12.1 Å². The minimum atomic E-state index is -0.385. The average molecular weight is 253 g/mol. The molecule has 1 aromatic carbocycles. The molecule has 0 fully saturated rings. The highest BCUT2D eigenvalue weighted by Crippen LogP contribution is 2.26. The Morgan fingerprint density at radius 1 is 1.16 bits per heavy atom. The van der Waals surface area contributed by atoms with Gasteiger partial charge in [0.05, 0.1) is 11.5 Å². The van der Waals surface area contributed by atoms with Gasteiger partial charge in [0.15, 0.2) is 5.58 Å². The van der Waals surface area contributed by atoms with Crippen molar-refractivity contribution in [3.05, 3.63) is 46.5 Å². The third kappa shape index (κ3) is 2.00. The summed E-state index contributed by atoms with van der Waals surface area (Å²) in [5.41, 5.74) is 0.709. The van der Waals surface area contributed by atoms with Crippen LogP contribution >= 0.6 is 0 Å². The van der Waals surface area contributed by atoms with Crippen molar-refractivity contribution in [3.63, 3.8) is 0 Å². The first-order chi connectivity index (χ1) is 9.29. The second-order valence-corrected chi connectivity index (χ2v) is 4.35. The maximum absolute atomic E-state index is 11.9. The summed E-state index contributed by atoms with van der Waals surface area (Å²) in [6.07, 6.45) is 1.85. The zero-order valence-electron chi connectivity index (χ0n) is 10.2. The summed E-state index contributed by atoms with van der Waals surface area (Å²) in [6.45, 7) is 0. The van der Waals surface area contributed by atoms with Crippen molar-refractivity contribution >= 4 is 21.9 Å². The van der Waals surface area contributed by atoms with E-state index in [4.69, 9.17) is 14.1 Å². The van der Waals surface area contributed by atoms with E-state index in [0.717, 1.165) is 11.8 Å². The molecule has 0 unspecified atom stereocenters. The molecule has 0 N–H and O–H groups in total. The van der Waals surface area contributed by atoms with E-state index in [9.17, 15) is 4.79 Å². The Kier molecular flexibility index (Phi) is 2.81. The van der Waals surface area contributed by atoms with Crippen molar-refractivity contribution in [1.82, 2.24) is 0 Å². The number of hydrogen-bond donors (Lipinski definition) is 0. The molecule has 2 aromatic heterocycles. The van der Waals surface area contributed by atoms with Crippen molar-refractivity contribution in [2.75, 3.05) is 0 Å². The fraction of sp³-hybridized carbons (Fsp3) is 0.200. The maximum Gasteiger partial charge on any atom is 0.347 e. The number of benzene rings is 1.